The lowest BCUT2D eigenvalue weighted by molar-refractivity contribution is -0.141. The third-order valence-electron chi connectivity index (χ3n) is 4.65. The molecule has 0 radical (unpaired) electrons. The summed E-state index contributed by atoms with van der Waals surface area (Å²) in [4.78, 5) is 5.38. The van der Waals surface area contributed by atoms with Crippen LogP contribution in [0.3, 0.4) is 0 Å². The van der Waals surface area contributed by atoms with Gasteiger partial charge in [-0.1, -0.05) is 0 Å². The molecule has 1 aromatic carbocycles. The highest BCUT2D eigenvalue weighted by atomic mass is 19.4. The summed E-state index contributed by atoms with van der Waals surface area (Å²) in [6.07, 6.45) is -3.37. The van der Waals surface area contributed by atoms with Gasteiger partial charge in [0.25, 0.3) is 0 Å². The second-order valence-corrected chi connectivity index (χ2v) is 6.42. The first-order valence-electron chi connectivity index (χ1n) is 8.42. The highest BCUT2D eigenvalue weighted by Crippen LogP contribution is 2.39. The number of hydrogen-bond acceptors (Lipinski definition) is 5. The van der Waals surface area contributed by atoms with Crippen LogP contribution in [0.5, 0.6) is 11.5 Å². The molecular formula is C19H17F3N4O2. The molecule has 6 nitrogen and oxygen atoms in total. The van der Waals surface area contributed by atoms with Gasteiger partial charge in [-0.05, 0) is 18.2 Å². The molecule has 0 amide bonds. The molecule has 0 aliphatic carbocycles. The van der Waals surface area contributed by atoms with Gasteiger partial charge in [0.15, 0.2) is 11.5 Å². The van der Waals surface area contributed by atoms with Crippen LogP contribution in [0.25, 0.3) is 16.9 Å². The Morgan fingerprint density at radius 2 is 1.75 bits per heavy atom. The number of fused-ring (bicyclic) bond motifs is 3. The number of pyridine rings is 1. The van der Waals surface area contributed by atoms with E-state index in [1.54, 1.807) is 25.0 Å². The van der Waals surface area contributed by atoms with Crippen molar-refractivity contribution in [2.24, 2.45) is 0 Å². The van der Waals surface area contributed by atoms with E-state index in [-0.39, 0.29) is 0 Å². The third kappa shape index (κ3) is 2.92. The van der Waals surface area contributed by atoms with Crippen molar-refractivity contribution >= 4 is 5.82 Å². The van der Waals surface area contributed by atoms with Crippen LogP contribution >= 0.6 is 0 Å². The molecule has 146 valence electrons. The number of rotatable bonds is 3. The van der Waals surface area contributed by atoms with E-state index < -0.39 is 11.9 Å². The minimum atomic E-state index is -4.51. The van der Waals surface area contributed by atoms with E-state index >= 15 is 0 Å². The number of anilines is 1. The number of ether oxygens (including phenoxy) is 2. The molecule has 1 aliphatic heterocycles. The van der Waals surface area contributed by atoms with Crippen molar-refractivity contribution in [1.82, 2.24) is 14.8 Å². The number of aromatic nitrogens is 3. The monoisotopic (exact) mass is 390 g/mol. The lowest BCUT2D eigenvalue weighted by Crippen LogP contribution is -2.25. The molecule has 0 N–H and O–H groups in total. The zero-order valence-electron chi connectivity index (χ0n) is 15.4. The first-order valence-corrected chi connectivity index (χ1v) is 8.42. The molecule has 0 spiro atoms. The van der Waals surface area contributed by atoms with Crippen LogP contribution in [0.4, 0.5) is 19.0 Å². The summed E-state index contributed by atoms with van der Waals surface area (Å²) >= 11 is 0. The van der Waals surface area contributed by atoms with Crippen molar-refractivity contribution in [3.05, 3.63) is 47.8 Å². The van der Waals surface area contributed by atoms with Crippen molar-refractivity contribution in [1.29, 1.82) is 0 Å². The van der Waals surface area contributed by atoms with Gasteiger partial charge in [-0.15, -0.1) is 0 Å². The van der Waals surface area contributed by atoms with Gasteiger partial charge in [-0.3, -0.25) is 4.98 Å². The van der Waals surface area contributed by atoms with Crippen LogP contribution in [-0.2, 0) is 12.7 Å². The van der Waals surface area contributed by atoms with Crippen LogP contribution in [0.1, 0.15) is 11.3 Å². The predicted octanol–water partition coefficient (Wildman–Crippen LogP) is 3.92. The smallest absolute Gasteiger partial charge is 0.433 e. The maximum absolute atomic E-state index is 13.0. The number of benzene rings is 1. The van der Waals surface area contributed by atoms with Gasteiger partial charge < -0.3 is 14.4 Å². The van der Waals surface area contributed by atoms with Crippen molar-refractivity contribution in [3.8, 4) is 28.4 Å². The zero-order chi connectivity index (χ0) is 20.1. The minimum absolute atomic E-state index is 0.347. The lowest BCUT2D eigenvalue weighted by atomic mass is 10.1. The minimum Gasteiger partial charge on any atom is -0.493 e. The highest BCUT2D eigenvalue weighted by molar-refractivity contribution is 5.68. The second kappa shape index (κ2) is 6.43. The standard InChI is InChI=1S/C19H17F3N4O2/c1-25-10-12-6-15(27-2)16(28-3)9-14(12)26-18(25)8-13(24-26)11-4-5-23-17(7-11)19(20,21)22/h4-9H,10H2,1-3H3. The van der Waals surface area contributed by atoms with E-state index in [0.29, 0.717) is 29.3 Å². The molecule has 0 atom stereocenters. The number of halogens is 3. The summed E-state index contributed by atoms with van der Waals surface area (Å²) < 4.78 is 51.4. The summed E-state index contributed by atoms with van der Waals surface area (Å²) in [5.74, 6) is 1.92. The Hall–Kier alpha value is -3.23. The average Bonchev–Trinajstić information content (AvgIpc) is 3.13. The topological polar surface area (TPSA) is 52.4 Å². The van der Waals surface area contributed by atoms with Crippen LogP contribution < -0.4 is 14.4 Å². The Kier molecular flexibility index (Phi) is 4.17. The Morgan fingerprint density at radius 1 is 1.04 bits per heavy atom. The van der Waals surface area contributed by atoms with E-state index in [2.05, 4.69) is 10.1 Å². The van der Waals surface area contributed by atoms with Crippen LogP contribution in [-0.4, -0.2) is 36.0 Å². The molecule has 3 aromatic rings. The summed E-state index contributed by atoms with van der Waals surface area (Å²) in [5.41, 5.74) is 1.59. The van der Waals surface area contributed by atoms with Gasteiger partial charge in [-0.2, -0.15) is 18.3 Å². The molecule has 1 aliphatic rings. The fourth-order valence-corrected chi connectivity index (χ4v) is 3.28. The number of nitrogens with zero attached hydrogens (tertiary/aromatic N) is 4. The second-order valence-electron chi connectivity index (χ2n) is 6.42. The summed E-state index contributed by atoms with van der Waals surface area (Å²) in [6, 6.07) is 7.97. The van der Waals surface area contributed by atoms with Gasteiger partial charge in [0.05, 0.1) is 25.6 Å². The number of methoxy groups -OCH3 is 2. The fourth-order valence-electron chi connectivity index (χ4n) is 3.28. The van der Waals surface area contributed by atoms with Crippen molar-refractivity contribution in [2.75, 3.05) is 26.2 Å². The molecule has 0 fully saturated rings. The Bertz CT molecular complexity index is 1050. The van der Waals surface area contributed by atoms with Crippen molar-refractivity contribution < 1.29 is 22.6 Å². The SMILES string of the molecule is COc1cc2c(cc1OC)-n1nc(-c3ccnc(C(F)(F)F)c3)cc1N(C)C2. The van der Waals surface area contributed by atoms with E-state index in [1.165, 1.54) is 6.07 Å². The molecule has 0 saturated heterocycles. The Labute approximate surface area is 159 Å². The Morgan fingerprint density at radius 3 is 2.43 bits per heavy atom. The number of alkyl halides is 3. The van der Waals surface area contributed by atoms with Crippen molar-refractivity contribution in [2.45, 2.75) is 12.7 Å². The van der Waals surface area contributed by atoms with Gasteiger partial charge in [-0.25, -0.2) is 4.68 Å². The van der Waals surface area contributed by atoms with Crippen LogP contribution in [0.15, 0.2) is 36.5 Å². The maximum Gasteiger partial charge on any atom is 0.433 e. The molecule has 2 aromatic heterocycles. The van der Waals surface area contributed by atoms with Gasteiger partial charge in [0, 0.05) is 43.0 Å². The lowest BCUT2D eigenvalue weighted by Gasteiger charge is -2.28. The fraction of sp³-hybridized carbons (Fsp3) is 0.263. The zero-order valence-corrected chi connectivity index (χ0v) is 15.4. The first-order chi connectivity index (χ1) is 13.3. The first kappa shape index (κ1) is 18.1. The molecule has 3 heterocycles. The van der Waals surface area contributed by atoms with E-state index in [0.717, 1.165) is 29.3 Å². The van der Waals surface area contributed by atoms with Gasteiger partial charge in [0.2, 0.25) is 0 Å². The Balaban J connectivity index is 1.84. The average molecular weight is 390 g/mol. The normalized spacial score (nSPS) is 13.1. The molecule has 4 rings (SSSR count). The molecule has 28 heavy (non-hydrogen) atoms. The molecule has 9 heteroatoms. The maximum atomic E-state index is 13.0. The van der Waals surface area contributed by atoms with E-state index in [9.17, 15) is 13.2 Å². The molecular weight excluding hydrogens is 373 g/mol. The quantitative estimate of drug-likeness (QED) is 0.679. The van der Waals surface area contributed by atoms with Gasteiger partial charge in [0.1, 0.15) is 11.5 Å². The van der Waals surface area contributed by atoms with Crippen LogP contribution in [0.2, 0.25) is 0 Å². The largest absolute Gasteiger partial charge is 0.493 e. The number of hydrogen-bond donors (Lipinski definition) is 0. The predicted molar refractivity (Wildman–Crippen MR) is 97.0 cm³/mol. The summed E-state index contributed by atoms with van der Waals surface area (Å²) in [6.45, 7) is 0.602. The molecule has 0 saturated carbocycles. The van der Waals surface area contributed by atoms with E-state index in [4.69, 9.17) is 9.47 Å². The highest BCUT2D eigenvalue weighted by Gasteiger charge is 2.33. The van der Waals surface area contributed by atoms with Crippen molar-refractivity contribution in [3.63, 3.8) is 0 Å². The molecule has 0 unspecified atom stereocenters. The third-order valence-corrected chi connectivity index (χ3v) is 4.65. The molecule has 0 bridgehead atoms. The summed E-state index contributed by atoms with van der Waals surface area (Å²) in [5, 5.41) is 4.55. The van der Waals surface area contributed by atoms with Gasteiger partial charge >= 0.3 is 6.18 Å². The summed E-state index contributed by atoms with van der Waals surface area (Å²) in [7, 11) is 5.00. The van der Waals surface area contributed by atoms with Crippen LogP contribution in [0, 0.1) is 0 Å². The van der Waals surface area contributed by atoms with E-state index in [1.807, 2.05) is 24.1 Å².